The molecule has 1 aromatic carbocycles. The molecule has 0 amide bonds. The SMILES string of the molecule is COC(=O)c1ccc(C(O)c2ccnc3ccccc23)o1. The number of carbonyl (C=O) groups is 1. The van der Waals surface area contributed by atoms with Gasteiger partial charge < -0.3 is 14.3 Å². The van der Waals surface area contributed by atoms with Crippen molar-refractivity contribution in [1.29, 1.82) is 0 Å². The number of ether oxygens (including phenoxy) is 1. The quantitative estimate of drug-likeness (QED) is 0.748. The number of esters is 1. The number of hydrogen-bond acceptors (Lipinski definition) is 5. The van der Waals surface area contributed by atoms with E-state index in [-0.39, 0.29) is 11.5 Å². The fourth-order valence-corrected chi connectivity index (χ4v) is 2.22. The van der Waals surface area contributed by atoms with Crippen LogP contribution in [-0.4, -0.2) is 23.2 Å². The molecule has 0 aliphatic rings. The van der Waals surface area contributed by atoms with Crippen LogP contribution in [0.25, 0.3) is 10.9 Å². The summed E-state index contributed by atoms with van der Waals surface area (Å²) in [5, 5.41) is 11.3. The van der Waals surface area contributed by atoms with Crippen molar-refractivity contribution < 1.29 is 19.1 Å². The molecule has 0 aliphatic carbocycles. The van der Waals surface area contributed by atoms with Gasteiger partial charge in [-0.1, -0.05) is 18.2 Å². The molecule has 0 fully saturated rings. The lowest BCUT2D eigenvalue weighted by atomic mass is 10.0. The zero-order chi connectivity index (χ0) is 14.8. The number of para-hydroxylation sites is 1. The molecule has 1 unspecified atom stereocenters. The third-order valence-corrected chi connectivity index (χ3v) is 3.26. The number of methoxy groups -OCH3 is 1. The van der Waals surface area contributed by atoms with E-state index in [0.29, 0.717) is 5.56 Å². The average molecular weight is 283 g/mol. The van der Waals surface area contributed by atoms with Gasteiger partial charge in [0.2, 0.25) is 5.76 Å². The van der Waals surface area contributed by atoms with E-state index >= 15 is 0 Å². The van der Waals surface area contributed by atoms with Crippen LogP contribution in [0.4, 0.5) is 0 Å². The number of carbonyl (C=O) groups excluding carboxylic acids is 1. The van der Waals surface area contributed by atoms with E-state index in [4.69, 9.17) is 4.42 Å². The lowest BCUT2D eigenvalue weighted by Gasteiger charge is -2.11. The molecule has 0 aliphatic heterocycles. The van der Waals surface area contributed by atoms with E-state index in [2.05, 4.69) is 9.72 Å². The smallest absolute Gasteiger partial charge is 0.373 e. The number of furan rings is 1. The summed E-state index contributed by atoms with van der Waals surface area (Å²) in [7, 11) is 1.28. The molecule has 2 aromatic heterocycles. The molecule has 1 N–H and O–H groups in total. The third kappa shape index (κ3) is 2.39. The van der Waals surface area contributed by atoms with Crippen LogP contribution in [0, 0.1) is 0 Å². The topological polar surface area (TPSA) is 72.6 Å². The Morgan fingerprint density at radius 1 is 1.24 bits per heavy atom. The second-order valence-corrected chi connectivity index (χ2v) is 4.51. The summed E-state index contributed by atoms with van der Waals surface area (Å²) in [6.07, 6.45) is 0.654. The first-order valence-electron chi connectivity index (χ1n) is 6.40. The highest BCUT2D eigenvalue weighted by Gasteiger charge is 2.19. The van der Waals surface area contributed by atoms with Gasteiger partial charge >= 0.3 is 5.97 Å². The van der Waals surface area contributed by atoms with Crippen LogP contribution in [0.3, 0.4) is 0 Å². The van der Waals surface area contributed by atoms with Gasteiger partial charge in [-0.15, -0.1) is 0 Å². The third-order valence-electron chi connectivity index (χ3n) is 3.26. The Morgan fingerprint density at radius 3 is 2.86 bits per heavy atom. The number of aromatic nitrogens is 1. The van der Waals surface area contributed by atoms with Gasteiger partial charge in [0.25, 0.3) is 0 Å². The van der Waals surface area contributed by atoms with E-state index in [1.807, 2.05) is 24.3 Å². The maximum absolute atomic E-state index is 11.4. The number of hydrogen-bond donors (Lipinski definition) is 1. The standard InChI is InChI=1S/C16H13NO4/c1-20-16(19)14-7-6-13(21-14)15(18)11-8-9-17-12-5-3-2-4-10(11)12/h2-9,15,18H,1H3. The molecule has 0 radical (unpaired) electrons. The normalized spacial score (nSPS) is 12.3. The van der Waals surface area contributed by atoms with Crippen LogP contribution in [0.1, 0.15) is 28.0 Å². The highest BCUT2D eigenvalue weighted by Crippen LogP contribution is 2.29. The number of rotatable bonds is 3. The van der Waals surface area contributed by atoms with E-state index < -0.39 is 12.1 Å². The Labute approximate surface area is 120 Å². The molecule has 5 heteroatoms. The van der Waals surface area contributed by atoms with Crippen molar-refractivity contribution in [3.8, 4) is 0 Å². The Morgan fingerprint density at radius 2 is 2.05 bits per heavy atom. The number of aliphatic hydroxyl groups is 1. The summed E-state index contributed by atoms with van der Waals surface area (Å²) in [5.41, 5.74) is 1.46. The number of fused-ring (bicyclic) bond motifs is 1. The first-order chi connectivity index (χ1) is 10.2. The van der Waals surface area contributed by atoms with Crippen molar-refractivity contribution in [3.05, 3.63) is 65.7 Å². The van der Waals surface area contributed by atoms with Crippen molar-refractivity contribution in [2.45, 2.75) is 6.10 Å². The Bertz CT molecular complexity index is 788. The Kier molecular flexibility index (Phi) is 3.41. The van der Waals surface area contributed by atoms with Gasteiger partial charge in [-0.2, -0.15) is 0 Å². The second-order valence-electron chi connectivity index (χ2n) is 4.51. The summed E-state index contributed by atoms with van der Waals surface area (Å²) in [4.78, 5) is 15.6. The van der Waals surface area contributed by atoms with E-state index in [0.717, 1.165) is 10.9 Å². The van der Waals surface area contributed by atoms with E-state index in [1.54, 1.807) is 18.3 Å². The highest BCUT2D eigenvalue weighted by atomic mass is 16.5. The molecule has 21 heavy (non-hydrogen) atoms. The molecule has 0 saturated carbocycles. The van der Waals surface area contributed by atoms with Gasteiger partial charge in [-0.05, 0) is 29.8 Å². The minimum atomic E-state index is -0.976. The summed E-state index contributed by atoms with van der Waals surface area (Å²) < 4.78 is 9.94. The summed E-state index contributed by atoms with van der Waals surface area (Å²) in [6, 6.07) is 12.3. The summed E-state index contributed by atoms with van der Waals surface area (Å²) >= 11 is 0. The average Bonchev–Trinajstić information content (AvgIpc) is 3.03. The van der Waals surface area contributed by atoms with Crippen molar-refractivity contribution in [3.63, 3.8) is 0 Å². The molecular formula is C16H13NO4. The number of aliphatic hydroxyl groups excluding tert-OH is 1. The molecule has 0 spiro atoms. The van der Waals surface area contributed by atoms with Crippen molar-refractivity contribution in [2.24, 2.45) is 0 Å². The lowest BCUT2D eigenvalue weighted by molar-refractivity contribution is 0.0558. The molecular weight excluding hydrogens is 270 g/mol. The van der Waals surface area contributed by atoms with Crippen molar-refractivity contribution in [1.82, 2.24) is 4.98 Å². The molecule has 3 aromatic rings. The van der Waals surface area contributed by atoms with Crippen LogP contribution in [0.2, 0.25) is 0 Å². The van der Waals surface area contributed by atoms with Crippen molar-refractivity contribution >= 4 is 16.9 Å². The molecule has 0 saturated heterocycles. The first-order valence-corrected chi connectivity index (χ1v) is 6.40. The predicted molar refractivity (Wildman–Crippen MR) is 75.9 cm³/mol. The zero-order valence-electron chi connectivity index (χ0n) is 11.3. The second kappa shape index (κ2) is 5.38. The molecule has 0 bridgehead atoms. The molecule has 5 nitrogen and oxygen atoms in total. The summed E-state index contributed by atoms with van der Waals surface area (Å²) in [6.45, 7) is 0. The van der Waals surface area contributed by atoms with Crippen LogP contribution in [0.15, 0.2) is 53.1 Å². The zero-order valence-corrected chi connectivity index (χ0v) is 11.3. The molecule has 2 heterocycles. The lowest BCUT2D eigenvalue weighted by Crippen LogP contribution is -2.01. The van der Waals surface area contributed by atoms with Crippen LogP contribution < -0.4 is 0 Å². The number of pyridine rings is 1. The van der Waals surface area contributed by atoms with E-state index in [1.165, 1.54) is 13.2 Å². The van der Waals surface area contributed by atoms with Gasteiger partial charge in [-0.25, -0.2) is 4.79 Å². The monoisotopic (exact) mass is 283 g/mol. The van der Waals surface area contributed by atoms with Gasteiger partial charge in [0.1, 0.15) is 11.9 Å². The molecule has 3 rings (SSSR count). The Balaban J connectivity index is 2.02. The van der Waals surface area contributed by atoms with E-state index in [9.17, 15) is 9.90 Å². The molecule has 1 atom stereocenters. The predicted octanol–water partition coefficient (Wildman–Crippen LogP) is 2.70. The van der Waals surface area contributed by atoms with Gasteiger partial charge in [0, 0.05) is 11.6 Å². The van der Waals surface area contributed by atoms with Gasteiger partial charge in [-0.3, -0.25) is 4.98 Å². The highest BCUT2D eigenvalue weighted by molar-refractivity contribution is 5.86. The van der Waals surface area contributed by atoms with Crippen LogP contribution in [-0.2, 0) is 4.74 Å². The molecule has 106 valence electrons. The minimum absolute atomic E-state index is 0.0601. The number of benzene rings is 1. The summed E-state index contributed by atoms with van der Waals surface area (Å²) in [5.74, 6) is -0.232. The van der Waals surface area contributed by atoms with Crippen LogP contribution >= 0.6 is 0 Å². The van der Waals surface area contributed by atoms with Crippen LogP contribution in [0.5, 0.6) is 0 Å². The van der Waals surface area contributed by atoms with Gasteiger partial charge in [0.05, 0.1) is 12.6 Å². The maximum atomic E-state index is 11.4. The Hall–Kier alpha value is -2.66. The minimum Gasteiger partial charge on any atom is -0.463 e. The van der Waals surface area contributed by atoms with Crippen molar-refractivity contribution in [2.75, 3.05) is 7.11 Å². The number of nitrogens with zero attached hydrogens (tertiary/aromatic N) is 1. The fourth-order valence-electron chi connectivity index (χ4n) is 2.22. The van der Waals surface area contributed by atoms with Gasteiger partial charge in [0.15, 0.2) is 0 Å². The first kappa shape index (κ1) is 13.3. The fraction of sp³-hybridized carbons (Fsp3) is 0.125. The maximum Gasteiger partial charge on any atom is 0.373 e. The largest absolute Gasteiger partial charge is 0.463 e.